The second-order valence-corrected chi connectivity index (χ2v) is 7.27. The van der Waals surface area contributed by atoms with Crippen LogP contribution in [0.4, 0.5) is 4.79 Å². The molecular formula is C22H31N5O2. The normalized spacial score (nSPS) is 12.4. The molecule has 2 aromatic heterocycles. The highest BCUT2D eigenvalue weighted by atomic mass is 16.7. The molecule has 3 rings (SSSR count). The number of benzene rings is 1. The maximum absolute atomic E-state index is 12.1. The molecule has 2 amide bonds. The molecular weight excluding hydrogens is 366 g/mol. The van der Waals surface area contributed by atoms with Crippen molar-refractivity contribution in [2.24, 2.45) is 0 Å². The number of hydrogen-bond acceptors (Lipinski definition) is 4. The van der Waals surface area contributed by atoms with Crippen LogP contribution >= 0.6 is 0 Å². The summed E-state index contributed by atoms with van der Waals surface area (Å²) in [6.45, 7) is 7.50. The van der Waals surface area contributed by atoms with Crippen LogP contribution in [0.2, 0.25) is 0 Å². The summed E-state index contributed by atoms with van der Waals surface area (Å²) in [6, 6.07) is 8.00. The van der Waals surface area contributed by atoms with Crippen LogP contribution in [-0.4, -0.2) is 45.3 Å². The van der Waals surface area contributed by atoms with E-state index in [2.05, 4.69) is 27.9 Å². The van der Waals surface area contributed by atoms with Crippen molar-refractivity contribution in [3.63, 3.8) is 0 Å². The molecule has 0 saturated carbocycles. The standard InChI is InChI=1S/C22H31N5O2/c1-5-10-20-25-19-15-24-18-13-8-7-12-17(18)21(19)26(20)14-9-11-16(3)27(29-4)22(28)23-6-2/h7-8,12-13,15-16H,5-6,9-11,14H2,1-4H3,(H,23,28). The molecule has 2 heterocycles. The first-order chi connectivity index (χ1) is 14.1. The molecule has 0 aliphatic heterocycles. The number of pyridine rings is 1. The minimum Gasteiger partial charge on any atom is -0.336 e. The Morgan fingerprint density at radius 2 is 2.07 bits per heavy atom. The fourth-order valence-corrected chi connectivity index (χ4v) is 3.82. The minimum atomic E-state index is -0.195. The molecule has 3 aromatic rings. The largest absolute Gasteiger partial charge is 0.341 e. The summed E-state index contributed by atoms with van der Waals surface area (Å²) in [5.74, 6) is 1.10. The number of rotatable bonds is 9. The van der Waals surface area contributed by atoms with Crippen molar-refractivity contribution >= 4 is 28.0 Å². The quantitative estimate of drug-likeness (QED) is 0.547. The van der Waals surface area contributed by atoms with Crippen LogP contribution in [0.3, 0.4) is 0 Å². The van der Waals surface area contributed by atoms with E-state index >= 15 is 0 Å². The molecule has 0 spiro atoms. The van der Waals surface area contributed by atoms with Gasteiger partial charge in [0.2, 0.25) is 0 Å². The summed E-state index contributed by atoms with van der Waals surface area (Å²) in [5, 5.41) is 5.34. The molecule has 0 aliphatic carbocycles. The second-order valence-electron chi connectivity index (χ2n) is 7.27. The number of aryl methyl sites for hydroxylation is 2. The highest BCUT2D eigenvalue weighted by molar-refractivity contribution is 6.02. The summed E-state index contributed by atoms with van der Waals surface area (Å²) >= 11 is 0. The summed E-state index contributed by atoms with van der Waals surface area (Å²) in [5.41, 5.74) is 3.08. The summed E-state index contributed by atoms with van der Waals surface area (Å²) < 4.78 is 2.33. The number of imidazole rings is 1. The highest BCUT2D eigenvalue weighted by Gasteiger charge is 2.20. The van der Waals surface area contributed by atoms with E-state index in [9.17, 15) is 4.79 Å². The predicted molar refractivity (Wildman–Crippen MR) is 116 cm³/mol. The van der Waals surface area contributed by atoms with Crippen molar-refractivity contribution < 1.29 is 9.63 Å². The molecule has 29 heavy (non-hydrogen) atoms. The number of carbonyl (C=O) groups is 1. The summed E-state index contributed by atoms with van der Waals surface area (Å²) in [7, 11) is 1.54. The molecule has 1 unspecified atom stereocenters. The van der Waals surface area contributed by atoms with Crippen LogP contribution in [0.15, 0.2) is 30.5 Å². The SMILES string of the molecule is CCCc1nc2cnc3ccccc3c2n1CCCC(C)N(OC)C(=O)NCC. The number of aromatic nitrogens is 3. The first kappa shape index (κ1) is 21.0. The number of hydroxylamine groups is 2. The van der Waals surface area contributed by atoms with E-state index in [4.69, 9.17) is 9.82 Å². The fraction of sp³-hybridized carbons (Fsp3) is 0.500. The zero-order valence-corrected chi connectivity index (χ0v) is 17.8. The van der Waals surface area contributed by atoms with Gasteiger partial charge in [0.15, 0.2) is 0 Å². The minimum absolute atomic E-state index is 0.0191. The Kier molecular flexibility index (Phi) is 7.04. The molecule has 156 valence electrons. The Balaban J connectivity index is 1.82. The van der Waals surface area contributed by atoms with Crippen LogP contribution in [0.5, 0.6) is 0 Å². The van der Waals surface area contributed by atoms with Gasteiger partial charge in [-0.1, -0.05) is 25.1 Å². The molecule has 1 atom stereocenters. The van der Waals surface area contributed by atoms with Crippen LogP contribution in [-0.2, 0) is 17.8 Å². The molecule has 7 nitrogen and oxygen atoms in total. The Labute approximate surface area is 172 Å². The van der Waals surface area contributed by atoms with Crippen molar-refractivity contribution in [2.75, 3.05) is 13.7 Å². The van der Waals surface area contributed by atoms with Gasteiger partial charge in [-0.05, 0) is 39.2 Å². The third kappa shape index (κ3) is 4.50. The van der Waals surface area contributed by atoms with Crippen LogP contribution in [0.25, 0.3) is 21.9 Å². The van der Waals surface area contributed by atoms with Gasteiger partial charge in [0.1, 0.15) is 11.3 Å². The lowest BCUT2D eigenvalue weighted by Gasteiger charge is -2.26. The zero-order chi connectivity index (χ0) is 20.8. The van der Waals surface area contributed by atoms with Gasteiger partial charge in [0, 0.05) is 24.9 Å². The highest BCUT2D eigenvalue weighted by Crippen LogP contribution is 2.26. The Morgan fingerprint density at radius 1 is 1.28 bits per heavy atom. The number of hydrogen-bond donors (Lipinski definition) is 1. The van der Waals surface area contributed by atoms with Crippen molar-refractivity contribution in [2.45, 2.75) is 59.0 Å². The van der Waals surface area contributed by atoms with Crippen LogP contribution in [0, 0.1) is 0 Å². The zero-order valence-electron chi connectivity index (χ0n) is 17.8. The summed E-state index contributed by atoms with van der Waals surface area (Å²) in [4.78, 5) is 26.8. The molecule has 1 aromatic carbocycles. The second kappa shape index (κ2) is 9.69. The number of carbonyl (C=O) groups excluding carboxylic acids is 1. The van der Waals surface area contributed by atoms with Gasteiger partial charge in [0.25, 0.3) is 0 Å². The van der Waals surface area contributed by atoms with E-state index < -0.39 is 0 Å². The van der Waals surface area contributed by atoms with Crippen molar-refractivity contribution in [3.05, 3.63) is 36.3 Å². The molecule has 0 radical (unpaired) electrons. The molecule has 0 fully saturated rings. The average Bonchev–Trinajstić information content (AvgIpc) is 3.07. The maximum atomic E-state index is 12.1. The topological polar surface area (TPSA) is 72.3 Å². The van der Waals surface area contributed by atoms with Gasteiger partial charge < -0.3 is 9.88 Å². The lowest BCUT2D eigenvalue weighted by molar-refractivity contribution is -0.114. The molecule has 0 bridgehead atoms. The third-order valence-electron chi connectivity index (χ3n) is 5.16. The van der Waals surface area contributed by atoms with Crippen LogP contribution < -0.4 is 5.32 Å². The Morgan fingerprint density at radius 3 is 2.79 bits per heavy atom. The number of nitrogens with zero attached hydrogens (tertiary/aromatic N) is 4. The van der Waals surface area contributed by atoms with Gasteiger partial charge in [-0.15, -0.1) is 0 Å². The van der Waals surface area contributed by atoms with Gasteiger partial charge in [-0.3, -0.25) is 9.82 Å². The van der Waals surface area contributed by atoms with Crippen molar-refractivity contribution in [3.8, 4) is 0 Å². The monoisotopic (exact) mass is 397 g/mol. The van der Waals surface area contributed by atoms with Crippen LogP contribution in [0.1, 0.15) is 45.9 Å². The molecule has 1 N–H and O–H groups in total. The van der Waals surface area contributed by atoms with E-state index in [0.29, 0.717) is 6.54 Å². The van der Waals surface area contributed by atoms with Crippen molar-refractivity contribution in [1.82, 2.24) is 24.9 Å². The fourth-order valence-electron chi connectivity index (χ4n) is 3.82. The summed E-state index contributed by atoms with van der Waals surface area (Å²) in [6.07, 6.45) is 5.59. The van der Waals surface area contributed by atoms with Crippen molar-refractivity contribution in [1.29, 1.82) is 0 Å². The van der Waals surface area contributed by atoms with E-state index in [1.165, 1.54) is 12.2 Å². The van der Waals surface area contributed by atoms with Gasteiger partial charge in [-0.25, -0.2) is 14.8 Å². The number of nitrogens with one attached hydrogen (secondary N) is 1. The Bertz CT molecular complexity index is 968. The molecule has 7 heteroatoms. The van der Waals surface area contributed by atoms with E-state index in [1.54, 1.807) is 0 Å². The number of amides is 2. The van der Waals surface area contributed by atoms with E-state index in [-0.39, 0.29) is 12.1 Å². The number of urea groups is 1. The van der Waals surface area contributed by atoms with E-state index in [0.717, 1.165) is 60.0 Å². The first-order valence-electron chi connectivity index (χ1n) is 10.4. The third-order valence-corrected chi connectivity index (χ3v) is 5.16. The lowest BCUT2D eigenvalue weighted by atomic mass is 10.1. The average molecular weight is 398 g/mol. The predicted octanol–water partition coefficient (Wildman–Crippen LogP) is 4.30. The van der Waals surface area contributed by atoms with Gasteiger partial charge >= 0.3 is 6.03 Å². The maximum Gasteiger partial charge on any atom is 0.341 e. The smallest absolute Gasteiger partial charge is 0.336 e. The Hall–Kier alpha value is -2.67. The number of para-hydroxylation sites is 1. The first-order valence-corrected chi connectivity index (χ1v) is 10.4. The lowest BCUT2D eigenvalue weighted by Crippen LogP contribution is -2.44. The number of fused-ring (bicyclic) bond motifs is 3. The van der Waals surface area contributed by atoms with Gasteiger partial charge in [-0.2, -0.15) is 0 Å². The molecule has 0 aliphatic rings. The van der Waals surface area contributed by atoms with Gasteiger partial charge in [0.05, 0.1) is 30.4 Å². The van der Waals surface area contributed by atoms with E-state index in [1.807, 2.05) is 38.2 Å². The molecule has 0 saturated heterocycles.